The fourth-order valence-electron chi connectivity index (χ4n) is 3.69. The van der Waals surface area contributed by atoms with E-state index < -0.39 is 11.5 Å². The first-order valence-electron chi connectivity index (χ1n) is 9.72. The van der Waals surface area contributed by atoms with Crippen molar-refractivity contribution in [2.24, 2.45) is 4.99 Å². The van der Waals surface area contributed by atoms with E-state index in [1.54, 1.807) is 19.1 Å². The third-order valence-corrected chi connectivity index (χ3v) is 5.59. The van der Waals surface area contributed by atoms with Crippen molar-refractivity contribution in [2.75, 3.05) is 11.9 Å². The zero-order valence-electron chi connectivity index (χ0n) is 16.5. The fraction of sp³-hybridized carbons (Fsp3) is 0.0870. The molecule has 31 heavy (non-hydrogen) atoms. The lowest BCUT2D eigenvalue weighted by Crippen LogP contribution is -2.27. The maximum Gasteiger partial charge on any atom is 0.357 e. The molecule has 2 heterocycles. The van der Waals surface area contributed by atoms with E-state index >= 15 is 0 Å². The highest BCUT2D eigenvalue weighted by Gasteiger charge is 2.28. The van der Waals surface area contributed by atoms with Crippen molar-refractivity contribution in [3.8, 4) is 5.69 Å². The summed E-state index contributed by atoms with van der Waals surface area (Å²) in [6.45, 7) is 1.90. The average molecular weight is 477 g/mol. The normalized spacial score (nSPS) is 12.4. The van der Waals surface area contributed by atoms with Crippen molar-refractivity contribution in [3.05, 3.63) is 86.7 Å². The number of carbonyl (C=O) groups excluding carboxylic acids is 1. The van der Waals surface area contributed by atoms with E-state index in [1.165, 1.54) is 4.68 Å². The van der Waals surface area contributed by atoms with Crippen molar-refractivity contribution in [2.45, 2.75) is 6.92 Å². The van der Waals surface area contributed by atoms with E-state index in [1.807, 2.05) is 48.5 Å². The number of nitrogens with zero attached hydrogens (tertiary/aromatic N) is 2. The number of anilines is 1. The summed E-state index contributed by atoms with van der Waals surface area (Å²) >= 11 is 3.39. The lowest BCUT2D eigenvalue weighted by Gasteiger charge is -2.18. The summed E-state index contributed by atoms with van der Waals surface area (Å²) in [5, 5.41) is 8.15. The lowest BCUT2D eigenvalue weighted by molar-refractivity contribution is 0.0518. The first-order valence-corrected chi connectivity index (χ1v) is 10.5. The molecule has 0 amide bonds. The van der Waals surface area contributed by atoms with Crippen LogP contribution in [-0.4, -0.2) is 28.2 Å². The van der Waals surface area contributed by atoms with Gasteiger partial charge in [0.2, 0.25) is 0 Å². The number of aliphatic imine (C=N–C) groups is 1. The number of aromatic amines is 1. The van der Waals surface area contributed by atoms with Gasteiger partial charge in [0.15, 0.2) is 5.69 Å². The van der Waals surface area contributed by atoms with Gasteiger partial charge in [-0.25, -0.2) is 14.5 Å². The average Bonchev–Trinajstić information content (AvgIpc) is 3.12. The number of H-pyrrole nitrogens is 1. The largest absolute Gasteiger partial charge is 0.461 e. The van der Waals surface area contributed by atoms with E-state index in [0.29, 0.717) is 11.5 Å². The molecule has 0 spiro atoms. The molecule has 2 N–H and O–H groups in total. The Morgan fingerprint density at radius 2 is 1.84 bits per heavy atom. The SMILES string of the molecule is CCOC(=O)c1[nH]n(-c2ccc(Br)cc2)c(=O)c1C1=Nc2cccc3cccc(c23)N1. The van der Waals surface area contributed by atoms with Gasteiger partial charge < -0.3 is 10.1 Å². The van der Waals surface area contributed by atoms with Gasteiger partial charge in [-0.3, -0.25) is 9.89 Å². The molecular formula is C23H17BrN4O3. The van der Waals surface area contributed by atoms with E-state index in [9.17, 15) is 9.59 Å². The molecular weight excluding hydrogens is 460 g/mol. The summed E-state index contributed by atoms with van der Waals surface area (Å²) in [7, 11) is 0. The zero-order valence-corrected chi connectivity index (χ0v) is 18.1. The van der Waals surface area contributed by atoms with Crippen molar-refractivity contribution in [3.63, 3.8) is 0 Å². The number of esters is 1. The second-order valence-electron chi connectivity index (χ2n) is 6.97. The summed E-state index contributed by atoms with van der Waals surface area (Å²) in [6, 6.07) is 18.8. The third-order valence-electron chi connectivity index (χ3n) is 5.06. The Kier molecular flexibility index (Phi) is 4.71. The molecule has 8 heteroatoms. The van der Waals surface area contributed by atoms with Gasteiger partial charge in [0, 0.05) is 15.5 Å². The fourth-order valence-corrected chi connectivity index (χ4v) is 3.96. The Bertz CT molecular complexity index is 1410. The molecule has 5 rings (SSSR count). The Morgan fingerprint density at radius 3 is 2.58 bits per heavy atom. The molecule has 0 saturated heterocycles. The van der Waals surface area contributed by atoms with Crippen LogP contribution in [0.25, 0.3) is 16.5 Å². The van der Waals surface area contributed by atoms with Gasteiger partial charge in [0.1, 0.15) is 11.4 Å². The number of ether oxygens (including phenoxy) is 1. The molecule has 1 aromatic heterocycles. The molecule has 0 radical (unpaired) electrons. The smallest absolute Gasteiger partial charge is 0.357 e. The molecule has 0 aliphatic carbocycles. The van der Waals surface area contributed by atoms with Crippen LogP contribution in [0.1, 0.15) is 23.0 Å². The second-order valence-corrected chi connectivity index (χ2v) is 7.88. The molecule has 0 bridgehead atoms. The Hall–Kier alpha value is -3.65. The zero-order chi connectivity index (χ0) is 21.5. The van der Waals surface area contributed by atoms with Gasteiger partial charge in [-0.2, -0.15) is 0 Å². The number of hydrogen-bond donors (Lipinski definition) is 2. The van der Waals surface area contributed by atoms with Gasteiger partial charge in [-0.15, -0.1) is 0 Å². The topological polar surface area (TPSA) is 88.5 Å². The molecule has 154 valence electrons. The number of nitrogens with one attached hydrogen (secondary N) is 2. The maximum atomic E-state index is 13.4. The Labute approximate surface area is 185 Å². The van der Waals surface area contributed by atoms with Gasteiger partial charge in [-0.05, 0) is 48.7 Å². The molecule has 0 atom stereocenters. The van der Waals surface area contributed by atoms with E-state index in [2.05, 4.69) is 31.3 Å². The highest BCUT2D eigenvalue weighted by atomic mass is 79.9. The van der Waals surface area contributed by atoms with Gasteiger partial charge >= 0.3 is 5.97 Å². The number of rotatable bonds is 4. The summed E-state index contributed by atoms with van der Waals surface area (Å²) in [5.41, 5.74) is 1.92. The van der Waals surface area contributed by atoms with Crippen LogP contribution in [0.15, 0.2) is 74.9 Å². The standard InChI is InChI=1S/C23H17BrN4O3/c1-2-31-23(30)20-19(22(29)28(27-20)15-11-9-14(24)10-12-15)21-25-16-7-3-5-13-6-4-8-17(26-21)18(13)16/h3-12,27H,2H2,1H3,(H,25,26). The van der Waals surface area contributed by atoms with Crippen LogP contribution in [0.2, 0.25) is 0 Å². The van der Waals surface area contributed by atoms with Crippen molar-refractivity contribution >= 4 is 49.9 Å². The summed E-state index contributed by atoms with van der Waals surface area (Å²) in [5.74, 6) is -0.321. The lowest BCUT2D eigenvalue weighted by atomic mass is 10.0. The summed E-state index contributed by atoms with van der Waals surface area (Å²) in [4.78, 5) is 30.8. The Morgan fingerprint density at radius 1 is 1.10 bits per heavy atom. The van der Waals surface area contributed by atoms with Crippen LogP contribution in [0.5, 0.6) is 0 Å². The van der Waals surface area contributed by atoms with Crippen LogP contribution in [0, 0.1) is 0 Å². The van der Waals surface area contributed by atoms with Crippen LogP contribution in [0.4, 0.5) is 11.4 Å². The molecule has 7 nitrogen and oxygen atoms in total. The summed E-state index contributed by atoms with van der Waals surface area (Å²) in [6.07, 6.45) is 0. The number of carbonyl (C=O) groups is 1. The van der Waals surface area contributed by atoms with E-state index in [-0.39, 0.29) is 17.9 Å². The first-order chi connectivity index (χ1) is 15.1. The minimum atomic E-state index is -0.618. The molecule has 0 unspecified atom stereocenters. The Balaban J connectivity index is 1.72. The van der Waals surface area contributed by atoms with Crippen LogP contribution < -0.4 is 10.9 Å². The van der Waals surface area contributed by atoms with Crippen LogP contribution in [0.3, 0.4) is 0 Å². The highest BCUT2D eigenvalue weighted by molar-refractivity contribution is 9.10. The minimum Gasteiger partial charge on any atom is -0.461 e. The minimum absolute atomic E-state index is 0.0487. The number of benzene rings is 3. The van der Waals surface area contributed by atoms with E-state index in [4.69, 9.17) is 4.74 Å². The summed E-state index contributed by atoms with van der Waals surface area (Å²) < 4.78 is 7.40. The third kappa shape index (κ3) is 3.25. The molecule has 1 aliphatic rings. The number of halogens is 1. The predicted octanol–water partition coefficient (Wildman–Crippen LogP) is 4.76. The van der Waals surface area contributed by atoms with Gasteiger partial charge in [0.05, 0.1) is 18.0 Å². The predicted molar refractivity (Wildman–Crippen MR) is 124 cm³/mol. The van der Waals surface area contributed by atoms with E-state index in [0.717, 1.165) is 26.6 Å². The molecule has 1 aliphatic heterocycles. The second kappa shape index (κ2) is 7.55. The van der Waals surface area contributed by atoms with Crippen LogP contribution in [-0.2, 0) is 4.74 Å². The first kappa shape index (κ1) is 19.3. The van der Waals surface area contributed by atoms with Crippen molar-refractivity contribution in [1.82, 2.24) is 9.78 Å². The number of amidine groups is 1. The van der Waals surface area contributed by atoms with Crippen molar-refractivity contribution in [1.29, 1.82) is 0 Å². The number of aromatic nitrogens is 2. The number of hydrogen-bond acceptors (Lipinski definition) is 5. The van der Waals surface area contributed by atoms with Crippen molar-refractivity contribution < 1.29 is 9.53 Å². The monoisotopic (exact) mass is 476 g/mol. The van der Waals surface area contributed by atoms with Gasteiger partial charge in [-0.1, -0.05) is 40.2 Å². The maximum absolute atomic E-state index is 13.4. The van der Waals surface area contributed by atoms with Crippen LogP contribution >= 0.6 is 15.9 Å². The molecule has 3 aromatic carbocycles. The quantitative estimate of drug-likeness (QED) is 0.415. The highest BCUT2D eigenvalue weighted by Crippen LogP contribution is 2.36. The molecule has 4 aromatic rings. The van der Waals surface area contributed by atoms with Gasteiger partial charge in [0.25, 0.3) is 5.56 Å². The molecule has 0 saturated carbocycles. The molecule has 0 fully saturated rings.